The number of aryl methyl sites for hydroxylation is 1. The van der Waals surface area contributed by atoms with Crippen molar-refractivity contribution in [3.8, 4) is 0 Å². The maximum Gasteiger partial charge on any atom is 0.283 e. The summed E-state index contributed by atoms with van der Waals surface area (Å²) in [6.07, 6.45) is 2.70. The predicted molar refractivity (Wildman–Crippen MR) is 71.3 cm³/mol. The van der Waals surface area contributed by atoms with Gasteiger partial charge in [0.1, 0.15) is 0 Å². The van der Waals surface area contributed by atoms with Crippen LogP contribution in [0, 0.1) is 6.92 Å². The molecule has 9 nitrogen and oxygen atoms in total. The average molecular weight is 297 g/mol. The summed E-state index contributed by atoms with van der Waals surface area (Å²) in [7, 11) is -3.85. The van der Waals surface area contributed by atoms with E-state index in [1.165, 1.54) is 12.4 Å². The van der Waals surface area contributed by atoms with E-state index >= 15 is 0 Å². The highest BCUT2D eigenvalue weighted by Gasteiger charge is 2.24. The fourth-order valence-corrected chi connectivity index (χ4v) is 2.72. The van der Waals surface area contributed by atoms with Crippen LogP contribution in [0.1, 0.15) is 18.2 Å². The van der Waals surface area contributed by atoms with Gasteiger partial charge in [0.2, 0.25) is 5.03 Å². The van der Waals surface area contributed by atoms with Crippen LogP contribution in [0.3, 0.4) is 0 Å². The van der Waals surface area contributed by atoms with Crippen LogP contribution in [-0.2, 0) is 16.6 Å². The number of nitrogens with zero attached hydrogens (tertiary/aromatic N) is 4. The third-order valence-corrected chi connectivity index (χ3v) is 3.85. The van der Waals surface area contributed by atoms with Crippen molar-refractivity contribution in [3.05, 3.63) is 23.7 Å². The van der Waals surface area contributed by atoms with Crippen LogP contribution < -0.4 is 10.0 Å². The summed E-state index contributed by atoms with van der Waals surface area (Å²) in [6.45, 7) is 4.83. The van der Waals surface area contributed by atoms with E-state index in [9.17, 15) is 8.42 Å². The Morgan fingerprint density at radius 1 is 1.35 bits per heavy atom. The molecule has 0 aliphatic heterocycles. The molecule has 0 saturated heterocycles. The van der Waals surface area contributed by atoms with Gasteiger partial charge in [0, 0.05) is 17.8 Å². The molecule has 108 valence electrons. The van der Waals surface area contributed by atoms with Crippen molar-refractivity contribution in [2.45, 2.75) is 25.4 Å². The number of hydrogen-bond donors (Lipinski definition) is 3. The van der Waals surface area contributed by atoms with Gasteiger partial charge in [-0.3, -0.25) is 5.10 Å². The molecule has 0 bridgehead atoms. The molecule has 2 heterocycles. The molecule has 0 unspecified atom stereocenters. The number of hydrogen-bond acceptors (Lipinski definition) is 7. The Morgan fingerprint density at radius 3 is 2.80 bits per heavy atom. The Kier molecular flexibility index (Phi) is 4.25. The van der Waals surface area contributed by atoms with E-state index in [2.05, 4.69) is 35.4 Å². The van der Waals surface area contributed by atoms with Crippen LogP contribution in [-0.4, -0.2) is 40.3 Å². The second-order valence-corrected chi connectivity index (χ2v) is 5.58. The zero-order chi connectivity index (χ0) is 14.6. The van der Waals surface area contributed by atoms with Crippen LogP contribution in [0.4, 0.5) is 5.95 Å². The van der Waals surface area contributed by atoms with E-state index in [-0.39, 0.29) is 11.0 Å². The van der Waals surface area contributed by atoms with Crippen LogP contribution >= 0.6 is 0 Å². The molecule has 0 atom stereocenters. The normalized spacial score (nSPS) is 11.5. The van der Waals surface area contributed by atoms with Gasteiger partial charge < -0.3 is 5.32 Å². The first-order chi connectivity index (χ1) is 9.54. The lowest BCUT2D eigenvalue weighted by atomic mass is 10.2. The van der Waals surface area contributed by atoms with Gasteiger partial charge in [-0.25, -0.2) is 9.71 Å². The van der Waals surface area contributed by atoms with Gasteiger partial charge in [-0.15, -0.1) is 5.10 Å². The van der Waals surface area contributed by atoms with Crippen LogP contribution in [0.5, 0.6) is 0 Å². The van der Waals surface area contributed by atoms with E-state index in [4.69, 9.17) is 0 Å². The summed E-state index contributed by atoms with van der Waals surface area (Å²) in [5.74, 6) is -0.0949. The number of rotatable bonds is 6. The molecular formula is C10H15N7O2S. The molecule has 0 spiro atoms. The average Bonchev–Trinajstić information content (AvgIpc) is 2.79. The van der Waals surface area contributed by atoms with Gasteiger partial charge in [-0.1, -0.05) is 6.92 Å². The fourth-order valence-electron chi connectivity index (χ4n) is 1.57. The molecule has 2 aromatic rings. The molecule has 0 aromatic carbocycles. The maximum atomic E-state index is 12.3. The maximum absolute atomic E-state index is 12.3. The lowest BCUT2D eigenvalue weighted by Gasteiger charge is -2.06. The molecule has 2 aromatic heterocycles. The minimum absolute atomic E-state index is 0.0663. The smallest absolute Gasteiger partial charge is 0.283 e. The van der Waals surface area contributed by atoms with Gasteiger partial charge in [0.25, 0.3) is 16.0 Å². The molecular weight excluding hydrogens is 282 g/mol. The lowest BCUT2D eigenvalue weighted by molar-refractivity contribution is 0.593. The van der Waals surface area contributed by atoms with Gasteiger partial charge in [-0.05, 0) is 13.5 Å². The van der Waals surface area contributed by atoms with Crippen molar-refractivity contribution in [2.24, 2.45) is 0 Å². The second kappa shape index (κ2) is 5.92. The summed E-state index contributed by atoms with van der Waals surface area (Å²) in [5, 5.41) is 16.7. The molecule has 0 amide bonds. The van der Waals surface area contributed by atoms with E-state index in [1.807, 2.05) is 6.92 Å². The first kappa shape index (κ1) is 14.3. The van der Waals surface area contributed by atoms with Crippen molar-refractivity contribution in [1.29, 1.82) is 0 Å². The molecule has 0 fully saturated rings. The molecule has 3 N–H and O–H groups in total. The van der Waals surface area contributed by atoms with E-state index < -0.39 is 10.0 Å². The Hall–Kier alpha value is -2.07. The van der Waals surface area contributed by atoms with Crippen LogP contribution in [0.15, 0.2) is 17.4 Å². The molecule has 0 aliphatic carbocycles. The van der Waals surface area contributed by atoms with Crippen LogP contribution in [0.25, 0.3) is 0 Å². The molecule has 0 saturated carbocycles. The fraction of sp³-hybridized carbons (Fsp3) is 0.400. The standard InChI is InChI=1S/C10H15N7O2S/c1-3-11-6-8-7(2)14-15-9(8)20(18,19)17-10-12-4-5-13-16-10/h4-5,11H,3,6H2,1-2H3,(H,14,15)(H,12,16,17). The monoisotopic (exact) mass is 297 g/mol. The number of nitrogens with one attached hydrogen (secondary N) is 3. The summed E-state index contributed by atoms with van der Waals surface area (Å²) in [4.78, 5) is 3.77. The second-order valence-electron chi connectivity index (χ2n) is 3.98. The number of aromatic amines is 1. The minimum Gasteiger partial charge on any atom is -0.313 e. The Labute approximate surface area is 116 Å². The molecule has 20 heavy (non-hydrogen) atoms. The quantitative estimate of drug-likeness (QED) is 0.674. The number of aromatic nitrogens is 5. The van der Waals surface area contributed by atoms with Gasteiger partial charge in [0.05, 0.1) is 12.4 Å². The zero-order valence-electron chi connectivity index (χ0n) is 11.1. The molecule has 10 heteroatoms. The van der Waals surface area contributed by atoms with Crippen LogP contribution in [0.2, 0.25) is 0 Å². The first-order valence-corrected chi connectivity index (χ1v) is 7.44. The Morgan fingerprint density at radius 2 is 2.15 bits per heavy atom. The summed E-state index contributed by atoms with van der Waals surface area (Å²) < 4.78 is 26.8. The third-order valence-electron chi connectivity index (χ3n) is 2.55. The lowest BCUT2D eigenvalue weighted by Crippen LogP contribution is -2.20. The van der Waals surface area contributed by atoms with Crippen molar-refractivity contribution in [2.75, 3.05) is 11.3 Å². The summed E-state index contributed by atoms with van der Waals surface area (Å²) in [6, 6.07) is 0. The van der Waals surface area contributed by atoms with E-state index in [0.717, 1.165) is 6.54 Å². The highest BCUT2D eigenvalue weighted by molar-refractivity contribution is 7.92. The van der Waals surface area contributed by atoms with Crippen molar-refractivity contribution in [3.63, 3.8) is 0 Å². The van der Waals surface area contributed by atoms with E-state index in [1.54, 1.807) is 6.92 Å². The topological polar surface area (TPSA) is 126 Å². The molecule has 0 radical (unpaired) electrons. The van der Waals surface area contributed by atoms with Gasteiger partial charge in [0.15, 0.2) is 0 Å². The summed E-state index contributed by atoms with van der Waals surface area (Å²) in [5.41, 5.74) is 1.28. The van der Waals surface area contributed by atoms with E-state index in [0.29, 0.717) is 17.8 Å². The number of anilines is 1. The first-order valence-electron chi connectivity index (χ1n) is 5.95. The summed E-state index contributed by atoms with van der Waals surface area (Å²) >= 11 is 0. The zero-order valence-corrected chi connectivity index (χ0v) is 11.9. The number of sulfonamides is 1. The predicted octanol–water partition coefficient (Wildman–Crippen LogP) is -0.187. The number of H-pyrrole nitrogens is 1. The highest BCUT2D eigenvalue weighted by Crippen LogP contribution is 2.17. The SMILES string of the molecule is CCNCc1c(S(=O)(=O)Nc2nccnn2)n[nH]c1C. The molecule has 0 aliphatic rings. The van der Waals surface area contributed by atoms with Crippen molar-refractivity contribution in [1.82, 2.24) is 30.7 Å². The Balaban J connectivity index is 2.30. The van der Waals surface area contributed by atoms with Crippen molar-refractivity contribution < 1.29 is 8.42 Å². The minimum atomic E-state index is -3.85. The highest BCUT2D eigenvalue weighted by atomic mass is 32.2. The van der Waals surface area contributed by atoms with Gasteiger partial charge >= 0.3 is 0 Å². The third kappa shape index (κ3) is 3.08. The van der Waals surface area contributed by atoms with Gasteiger partial charge in [-0.2, -0.15) is 18.6 Å². The Bertz CT molecular complexity index is 668. The van der Waals surface area contributed by atoms with Crippen molar-refractivity contribution >= 4 is 16.0 Å². The molecule has 2 rings (SSSR count). The largest absolute Gasteiger partial charge is 0.313 e.